The van der Waals surface area contributed by atoms with E-state index in [1.165, 1.54) is 12.3 Å². The number of pyridine rings is 2. The van der Waals surface area contributed by atoms with Gasteiger partial charge in [0, 0.05) is 31.4 Å². The highest BCUT2D eigenvalue weighted by molar-refractivity contribution is 5.68. The van der Waals surface area contributed by atoms with Gasteiger partial charge in [0.15, 0.2) is 29.1 Å². The Balaban J connectivity index is 1.91. The molecule has 3 heterocycles. The maximum atomic E-state index is 15.3. The van der Waals surface area contributed by atoms with Gasteiger partial charge in [-0.1, -0.05) is 13.8 Å². The number of rotatable bonds is 9. The molecule has 1 amide bonds. The molecular weight excluding hydrogens is 460 g/mol. The maximum Gasteiger partial charge on any atom is 0.404 e. The number of anilines is 4. The molecule has 1 fully saturated rings. The van der Waals surface area contributed by atoms with Gasteiger partial charge >= 0.3 is 6.09 Å². The number of amides is 1. The third kappa shape index (κ3) is 6.66. The number of morpholine rings is 1. The Hall–Kier alpha value is -3.72. The third-order valence-electron chi connectivity index (χ3n) is 5.53. The molecule has 0 unspecified atom stereocenters. The smallest absolute Gasteiger partial charge is 0.404 e. The fraction of sp³-hybridized carbons (Fsp3) is 0.478. The lowest BCUT2D eigenvalue weighted by Gasteiger charge is -2.28. The van der Waals surface area contributed by atoms with Gasteiger partial charge in [0.1, 0.15) is 6.07 Å². The zero-order valence-electron chi connectivity index (χ0n) is 19.8. The Kier molecular flexibility index (Phi) is 8.59. The van der Waals surface area contributed by atoms with Crippen LogP contribution in [0.2, 0.25) is 0 Å². The molecule has 2 aromatic heterocycles. The number of hydrogen-bond donors (Lipinski definition) is 4. The van der Waals surface area contributed by atoms with Crippen molar-refractivity contribution in [3.05, 3.63) is 35.5 Å². The van der Waals surface area contributed by atoms with Crippen molar-refractivity contribution in [1.82, 2.24) is 15.3 Å². The minimum atomic E-state index is -1.20. The lowest BCUT2D eigenvalue weighted by atomic mass is 9.98. The summed E-state index contributed by atoms with van der Waals surface area (Å²) in [6, 6.07) is 3.23. The molecule has 2 aromatic rings. The van der Waals surface area contributed by atoms with Crippen LogP contribution >= 0.6 is 0 Å². The highest BCUT2D eigenvalue weighted by Crippen LogP contribution is 2.29. The van der Waals surface area contributed by atoms with Crippen molar-refractivity contribution in [3.63, 3.8) is 0 Å². The van der Waals surface area contributed by atoms with Crippen LogP contribution in [-0.4, -0.2) is 59.6 Å². The fourth-order valence-corrected chi connectivity index (χ4v) is 3.79. The molecule has 0 saturated carbocycles. The van der Waals surface area contributed by atoms with Gasteiger partial charge in [-0.05, 0) is 31.4 Å². The largest absolute Gasteiger partial charge is 0.465 e. The van der Waals surface area contributed by atoms with Gasteiger partial charge in [-0.3, -0.25) is 0 Å². The number of nitrogens with one attached hydrogen (secondary N) is 3. The molecule has 0 spiro atoms. The first-order valence-corrected chi connectivity index (χ1v) is 11.3. The number of ether oxygens (including phenoxy) is 1. The van der Waals surface area contributed by atoms with Crippen LogP contribution in [0.15, 0.2) is 18.3 Å². The lowest BCUT2D eigenvalue weighted by molar-refractivity contribution is 0.122. The minimum absolute atomic E-state index is 0.0303. The minimum Gasteiger partial charge on any atom is -0.465 e. The maximum absolute atomic E-state index is 15.3. The van der Waals surface area contributed by atoms with Crippen LogP contribution in [-0.2, 0) is 4.74 Å². The van der Waals surface area contributed by atoms with Gasteiger partial charge in [0.25, 0.3) is 0 Å². The van der Waals surface area contributed by atoms with Crippen molar-refractivity contribution in [2.75, 3.05) is 41.8 Å². The van der Waals surface area contributed by atoms with Crippen molar-refractivity contribution in [1.29, 1.82) is 5.26 Å². The van der Waals surface area contributed by atoms with E-state index in [1.54, 1.807) is 11.8 Å². The Morgan fingerprint density at radius 1 is 1.29 bits per heavy atom. The van der Waals surface area contributed by atoms with Crippen molar-refractivity contribution < 1.29 is 23.4 Å². The van der Waals surface area contributed by atoms with Gasteiger partial charge < -0.3 is 30.7 Å². The summed E-state index contributed by atoms with van der Waals surface area (Å²) in [4.78, 5) is 21.2. The van der Waals surface area contributed by atoms with E-state index in [9.17, 15) is 14.4 Å². The normalized spacial score (nSPS) is 15.3. The standard InChI is InChI=1S/C23H29F2N7O3/c1-13(2)10-18(14(3)28-23(33)34)30-21-16(24)11-15(12-26)20(31-21)29-17-4-5-27-22(19(17)25)32-6-8-35-9-7-32/h4-5,11,13-14,18,28H,6-10H2,1-3H3,(H,33,34)(H2,27,29,30,31)/t14-,18+/m0/s1. The van der Waals surface area contributed by atoms with Crippen LogP contribution in [0.1, 0.15) is 32.8 Å². The Morgan fingerprint density at radius 2 is 2.00 bits per heavy atom. The molecule has 188 valence electrons. The number of carbonyl (C=O) groups is 1. The molecule has 1 aliphatic rings. The summed E-state index contributed by atoms with van der Waals surface area (Å²) in [5.41, 5.74) is -0.0861. The van der Waals surface area contributed by atoms with Crippen molar-refractivity contribution in [2.24, 2.45) is 5.92 Å². The van der Waals surface area contributed by atoms with Gasteiger partial charge in [0.05, 0.1) is 24.5 Å². The second-order valence-electron chi connectivity index (χ2n) is 8.67. The first kappa shape index (κ1) is 25.9. The topological polar surface area (TPSA) is 135 Å². The average molecular weight is 490 g/mol. The SMILES string of the molecule is CC(C)C[C@@H](Nc1nc(Nc2ccnc(N3CCOCC3)c2F)c(C#N)cc1F)[C@H](C)NC(=O)O. The third-order valence-corrected chi connectivity index (χ3v) is 5.53. The molecule has 1 saturated heterocycles. The average Bonchev–Trinajstić information content (AvgIpc) is 2.81. The van der Waals surface area contributed by atoms with Gasteiger partial charge in [-0.15, -0.1) is 0 Å². The van der Waals surface area contributed by atoms with E-state index < -0.39 is 29.8 Å². The summed E-state index contributed by atoms with van der Waals surface area (Å²) in [6.07, 6.45) is 0.753. The van der Waals surface area contributed by atoms with E-state index in [0.717, 1.165) is 6.07 Å². The summed E-state index contributed by atoms with van der Waals surface area (Å²) in [5.74, 6) is -1.32. The molecule has 35 heavy (non-hydrogen) atoms. The molecule has 0 aromatic carbocycles. The van der Waals surface area contributed by atoms with Crippen LogP contribution in [0, 0.1) is 28.9 Å². The van der Waals surface area contributed by atoms with Crippen molar-refractivity contribution in [3.8, 4) is 6.07 Å². The number of halogens is 2. The summed E-state index contributed by atoms with van der Waals surface area (Å²) < 4.78 is 35.4. The molecule has 0 radical (unpaired) electrons. The van der Waals surface area contributed by atoms with E-state index in [1.807, 2.05) is 19.9 Å². The highest BCUT2D eigenvalue weighted by atomic mass is 19.1. The first-order chi connectivity index (χ1) is 16.7. The predicted octanol–water partition coefficient (Wildman–Crippen LogP) is 3.69. The summed E-state index contributed by atoms with van der Waals surface area (Å²) >= 11 is 0. The Morgan fingerprint density at radius 3 is 2.63 bits per heavy atom. The number of hydrogen-bond acceptors (Lipinski definition) is 8. The van der Waals surface area contributed by atoms with E-state index in [-0.39, 0.29) is 34.6 Å². The number of carboxylic acid groups (broad SMARTS) is 1. The van der Waals surface area contributed by atoms with Crippen molar-refractivity contribution >= 4 is 29.2 Å². The quantitative estimate of drug-likeness (QED) is 0.416. The van der Waals surface area contributed by atoms with Crippen LogP contribution in [0.3, 0.4) is 0 Å². The first-order valence-electron chi connectivity index (χ1n) is 11.3. The summed E-state index contributed by atoms with van der Waals surface area (Å²) in [7, 11) is 0. The van der Waals surface area contributed by atoms with E-state index in [2.05, 4.69) is 25.9 Å². The Bertz CT molecular complexity index is 1090. The second-order valence-corrected chi connectivity index (χ2v) is 8.67. The second kappa shape index (κ2) is 11.6. The highest BCUT2D eigenvalue weighted by Gasteiger charge is 2.24. The molecule has 0 bridgehead atoms. The zero-order valence-corrected chi connectivity index (χ0v) is 19.8. The fourth-order valence-electron chi connectivity index (χ4n) is 3.79. The zero-order chi connectivity index (χ0) is 25.5. The summed E-state index contributed by atoms with van der Waals surface area (Å²) in [6.45, 7) is 7.45. The summed E-state index contributed by atoms with van der Waals surface area (Å²) in [5, 5.41) is 26.7. The van der Waals surface area contributed by atoms with Crippen LogP contribution in [0.5, 0.6) is 0 Å². The molecule has 2 atom stereocenters. The molecule has 10 nitrogen and oxygen atoms in total. The lowest BCUT2D eigenvalue weighted by Crippen LogP contribution is -2.45. The number of aromatic nitrogens is 2. The van der Waals surface area contributed by atoms with Crippen LogP contribution < -0.4 is 20.9 Å². The van der Waals surface area contributed by atoms with Crippen molar-refractivity contribution in [2.45, 2.75) is 39.3 Å². The van der Waals surface area contributed by atoms with E-state index in [4.69, 9.17) is 9.84 Å². The monoisotopic (exact) mass is 489 g/mol. The van der Waals surface area contributed by atoms with Crippen LogP contribution in [0.4, 0.5) is 36.7 Å². The molecule has 1 aliphatic heterocycles. The van der Waals surface area contributed by atoms with Gasteiger partial charge in [-0.2, -0.15) is 5.26 Å². The number of nitriles is 1. The number of nitrogens with zero attached hydrogens (tertiary/aromatic N) is 4. The van der Waals surface area contributed by atoms with E-state index >= 15 is 4.39 Å². The molecule has 12 heteroatoms. The molecule has 4 N–H and O–H groups in total. The predicted molar refractivity (Wildman–Crippen MR) is 127 cm³/mol. The van der Waals surface area contributed by atoms with Gasteiger partial charge in [-0.25, -0.2) is 23.5 Å². The molecular formula is C23H29F2N7O3. The molecule has 3 rings (SSSR count). The van der Waals surface area contributed by atoms with E-state index in [0.29, 0.717) is 32.7 Å². The molecule has 0 aliphatic carbocycles. The Labute approximate surface area is 202 Å². The van der Waals surface area contributed by atoms with Gasteiger partial charge in [0.2, 0.25) is 0 Å². The van der Waals surface area contributed by atoms with Crippen LogP contribution in [0.25, 0.3) is 0 Å².